The van der Waals surface area contributed by atoms with E-state index >= 15 is 0 Å². The highest BCUT2D eigenvalue weighted by Gasteiger charge is 2.15. The van der Waals surface area contributed by atoms with Gasteiger partial charge in [0, 0.05) is 40.0 Å². The lowest BCUT2D eigenvalue weighted by molar-refractivity contribution is 0.0497. The third-order valence-electron chi connectivity index (χ3n) is 4.42. The average molecular weight is 358 g/mol. The lowest BCUT2D eigenvalue weighted by Crippen LogP contribution is -2.40. The molecule has 0 bridgehead atoms. The van der Waals surface area contributed by atoms with Crippen molar-refractivity contribution in [2.45, 2.75) is 46.0 Å². The summed E-state index contributed by atoms with van der Waals surface area (Å²) in [6, 6.07) is 0. The Labute approximate surface area is 154 Å². The number of aliphatic imine (C=N–C) groups is 1. The van der Waals surface area contributed by atoms with Gasteiger partial charge in [0.2, 0.25) is 0 Å². The lowest BCUT2D eigenvalue weighted by atomic mass is 9.96. The largest absolute Gasteiger partial charge is 0.381 e. The molecular formula is C19H39N3O3. The van der Waals surface area contributed by atoms with E-state index in [-0.39, 0.29) is 0 Å². The molecule has 6 heteroatoms. The van der Waals surface area contributed by atoms with Crippen molar-refractivity contribution in [2.75, 3.05) is 66.3 Å². The predicted octanol–water partition coefficient (Wildman–Crippen LogP) is 2.53. The molecule has 0 atom stereocenters. The summed E-state index contributed by atoms with van der Waals surface area (Å²) in [6.45, 7) is 11.5. The lowest BCUT2D eigenvalue weighted by Gasteiger charge is -2.26. The van der Waals surface area contributed by atoms with Crippen LogP contribution in [0.25, 0.3) is 0 Å². The van der Waals surface area contributed by atoms with Crippen molar-refractivity contribution in [3.63, 3.8) is 0 Å². The van der Waals surface area contributed by atoms with Crippen LogP contribution in [0.4, 0.5) is 0 Å². The van der Waals surface area contributed by atoms with E-state index in [2.05, 4.69) is 36.1 Å². The number of guanidine groups is 1. The van der Waals surface area contributed by atoms with Gasteiger partial charge in [0.15, 0.2) is 5.96 Å². The first-order valence-electron chi connectivity index (χ1n) is 10.0. The van der Waals surface area contributed by atoms with E-state index in [1.165, 1.54) is 25.7 Å². The molecule has 1 aliphatic rings. The Balaban J connectivity index is 2.16. The minimum absolute atomic E-state index is 0.639. The van der Waals surface area contributed by atoms with Gasteiger partial charge >= 0.3 is 0 Å². The Hall–Kier alpha value is -0.850. The van der Waals surface area contributed by atoms with Crippen molar-refractivity contribution in [3.05, 3.63) is 0 Å². The standard InChI is InChI=1S/C19H39N3O3/c1-4-6-12-23-16-17-25-15-10-21-19(20-5-2)22(3)11-7-18-8-13-24-14-9-18/h18H,4-17H2,1-3H3,(H,20,21). The van der Waals surface area contributed by atoms with Gasteiger partial charge in [0.25, 0.3) is 0 Å². The van der Waals surface area contributed by atoms with Crippen LogP contribution in [0, 0.1) is 5.92 Å². The molecule has 25 heavy (non-hydrogen) atoms. The third kappa shape index (κ3) is 11.4. The van der Waals surface area contributed by atoms with Crippen molar-refractivity contribution >= 4 is 5.96 Å². The number of nitrogens with one attached hydrogen (secondary N) is 1. The molecule has 1 heterocycles. The van der Waals surface area contributed by atoms with Crippen LogP contribution in [0.2, 0.25) is 0 Å². The van der Waals surface area contributed by atoms with Crippen LogP contribution in [0.5, 0.6) is 0 Å². The highest BCUT2D eigenvalue weighted by atomic mass is 16.5. The summed E-state index contributed by atoms with van der Waals surface area (Å²) < 4.78 is 16.5. The second kappa shape index (κ2) is 15.4. The molecule has 0 amide bonds. The van der Waals surface area contributed by atoms with E-state index in [0.717, 1.165) is 51.2 Å². The van der Waals surface area contributed by atoms with E-state index in [4.69, 9.17) is 14.2 Å². The molecule has 1 fully saturated rings. The van der Waals surface area contributed by atoms with Crippen LogP contribution in [-0.4, -0.2) is 77.2 Å². The van der Waals surface area contributed by atoms with Gasteiger partial charge in [-0.25, -0.2) is 0 Å². The van der Waals surface area contributed by atoms with E-state index in [9.17, 15) is 0 Å². The number of rotatable bonds is 13. The highest BCUT2D eigenvalue weighted by Crippen LogP contribution is 2.18. The molecule has 1 aliphatic heterocycles. The molecule has 0 spiro atoms. The molecule has 0 aliphatic carbocycles. The first-order valence-corrected chi connectivity index (χ1v) is 10.0. The summed E-state index contributed by atoms with van der Waals surface area (Å²) in [4.78, 5) is 6.89. The van der Waals surface area contributed by atoms with Gasteiger partial charge in [-0.05, 0) is 38.5 Å². The van der Waals surface area contributed by atoms with Crippen LogP contribution in [-0.2, 0) is 14.2 Å². The van der Waals surface area contributed by atoms with Gasteiger partial charge in [-0.3, -0.25) is 4.99 Å². The summed E-state index contributed by atoms with van der Waals surface area (Å²) in [5.74, 6) is 1.76. The van der Waals surface area contributed by atoms with E-state index in [0.29, 0.717) is 26.4 Å². The number of nitrogens with zero attached hydrogens (tertiary/aromatic N) is 2. The molecular weight excluding hydrogens is 318 g/mol. The van der Waals surface area contributed by atoms with Crippen molar-refractivity contribution in [1.29, 1.82) is 0 Å². The first kappa shape index (κ1) is 22.2. The van der Waals surface area contributed by atoms with Crippen molar-refractivity contribution in [1.82, 2.24) is 10.2 Å². The Morgan fingerprint density at radius 2 is 1.84 bits per heavy atom. The molecule has 6 nitrogen and oxygen atoms in total. The molecule has 1 N–H and O–H groups in total. The summed E-state index contributed by atoms with van der Waals surface area (Å²) in [6.07, 6.45) is 5.88. The maximum atomic E-state index is 5.59. The topological polar surface area (TPSA) is 55.3 Å². The smallest absolute Gasteiger partial charge is 0.193 e. The van der Waals surface area contributed by atoms with Crippen LogP contribution < -0.4 is 5.32 Å². The summed E-state index contributed by atoms with van der Waals surface area (Å²) in [5, 5.41) is 3.37. The third-order valence-corrected chi connectivity index (χ3v) is 4.42. The van der Waals surface area contributed by atoms with Gasteiger partial charge in [0.05, 0.1) is 26.4 Å². The summed E-state index contributed by atoms with van der Waals surface area (Å²) >= 11 is 0. The van der Waals surface area contributed by atoms with Crippen molar-refractivity contribution in [2.24, 2.45) is 10.9 Å². The molecule has 1 saturated heterocycles. The monoisotopic (exact) mass is 357 g/mol. The van der Waals surface area contributed by atoms with Gasteiger partial charge in [-0.2, -0.15) is 0 Å². The first-order chi connectivity index (χ1) is 12.3. The van der Waals surface area contributed by atoms with Gasteiger partial charge in [-0.1, -0.05) is 13.3 Å². The molecule has 148 valence electrons. The zero-order valence-corrected chi connectivity index (χ0v) is 16.6. The molecule has 0 aromatic rings. The Kier molecular flexibility index (Phi) is 13.7. The van der Waals surface area contributed by atoms with Crippen molar-refractivity contribution < 1.29 is 14.2 Å². The van der Waals surface area contributed by atoms with Crippen LogP contribution >= 0.6 is 0 Å². The summed E-state index contributed by atoms with van der Waals surface area (Å²) in [5.41, 5.74) is 0. The number of ether oxygens (including phenoxy) is 3. The average Bonchev–Trinajstić information content (AvgIpc) is 2.64. The fourth-order valence-corrected chi connectivity index (χ4v) is 2.77. The zero-order chi connectivity index (χ0) is 18.2. The van der Waals surface area contributed by atoms with E-state index in [1.54, 1.807) is 0 Å². The minimum Gasteiger partial charge on any atom is -0.381 e. The van der Waals surface area contributed by atoms with Gasteiger partial charge in [-0.15, -0.1) is 0 Å². The molecule has 0 aromatic carbocycles. The predicted molar refractivity (Wildman–Crippen MR) is 103 cm³/mol. The maximum Gasteiger partial charge on any atom is 0.193 e. The van der Waals surface area contributed by atoms with E-state index in [1.807, 2.05) is 0 Å². The SMILES string of the molecule is CCCCOCCOCCN=C(NCC)N(C)CCC1CCOCC1. The minimum atomic E-state index is 0.639. The normalized spacial score (nSPS) is 16.2. The second-order valence-corrected chi connectivity index (χ2v) is 6.58. The van der Waals surface area contributed by atoms with Crippen LogP contribution in [0.1, 0.15) is 46.0 Å². The summed E-state index contributed by atoms with van der Waals surface area (Å²) in [7, 11) is 2.11. The fraction of sp³-hybridized carbons (Fsp3) is 0.947. The van der Waals surface area contributed by atoms with Crippen LogP contribution in [0.15, 0.2) is 4.99 Å². The molecule has 0 unspecified atom stereocenters. The Bertz CT molecular complexity index is 334. The molecule has 0 aromatic heterocycles. The second-order valence-electron chi connectivity index (χ2n) is 6.58. The van der Waals surface area contributed by atoms with Crippen molar-refractivity contribution in [3.8, 4) is 0 Å². The number of hydrogen-bond donors (Lipinski definition) is 1. The molecule has 0 saturated carbocycles. The Morgan fingerprint density at radius 1 is 1.12 bits per heavy atom. The maximum absolute atomic E-state index is 5.59. The van der Waals surface area contributed by atoms with Gasteiger partial charge < -0.3 is 24.4 Å². The van der Waals surface area contributed by atoms with Crippen LogP contribution in [0.3, 0.4) is 0 Å². The van der Waals surface area contributed by atoms with E-state index < -0.39 is 0 Å². The zero-order valence-electron chi connectivity index (χ0n) is 16.6. The number of unbranched alkanes of at least 4 members (excludes halogenated alkanes) is 1. The molecule has 1 rings (SSSR count). The highest BCUT2D eigenvalue weighted by molar-refractivity contribution is 5.79. The Morgan fingerprint density at radius 3 is 2.52 bits per heavy atom. The fourth-order valence-electron chi connectivity index (χ4n) is 2.77. The molecule has 0 radical (unpaired) electrons. The van der Waals surface area contributed by atoms with Gasteiger partial charge in [0.1, 0.15) is 0 Å². The quantitative estimate of drug-likeness (QED) is 0.312. The number of hydrogen-bond acceptors (Lipinski definition) is 4.